The molecule has 0 radical (unpaired) electrons. The van der Waals surface area contributed by atoms with Crippen LogP contribution in [0, 0.1) is 0 Å². The second-order valence-electron chi connectivity index (χ2n) is 3.26. The zero-order valence-electron chi connectivity index (χ0n) is 8.33. The van der Waals surface area contributed by atoms with E-state index >= 15 is 0 Å². The summed E-state index contributed by atoms with van der Waals surface area (Å²) < 4.78 is 0. The molecular weight excluding hydrogens is 253 g/mol. The van der Waals surface area contributed by atoms with Gasteiger partial charge in [-0.3, -0.25) is 14.5 Å². The largest absolute Gasteiger partial charge is 0.281 e. The topological polar surface area (TPSA) is 63.2 Å². The van der Waals surface area contributed by atoms with Gasteiger partial charge in [0, 0.05) is 6.54 Å². The number of carbonyl (C=O) groups is 2. The minimum atomic E-state index is -0.465. The molecule has 0 atom stereocenters. The maximum atomic E-state index is 11.8. The average Bonchev–Trinajstić information content (AvgIpc) is 2.46. The first-order chi connectivity index (χ1) is 7.56. The van der Waals surface area contributed by atoms with Gasteiger partial charge in [-0.15, -0.1) is 0 Å². The summed E-state index contributed by atoms with van der Waals surface area (Å²) in [5, 5.41) is -0.139. The van der Waals surface area contributed by atoms with E-state index in [0.29, 0.717) is 13.0 Å². The summed E-state index contributed by atoms with van der Waals surface area (Å²) in [5.74, 6) is -0.930. The van der Waals surface area contributed by atoms with Crippen molar-refractivity contribution in [2.75, 3.05) is 6.54 Å². The van der Waals surface area contributed by atoms with Crippen LogP contribution in [-0.2, 0) is 0 Å². The fourth-order valence-corrected chi connectivity index (χ4v) is 1.72. The van der Waals surface area contributed by atoms with Crippen LogP contribution in [0.5, 0.6) is 0 Å². The average molecular weight is 260 g/mol. The smallest absolute Gasteiger partial charge is 0.272 e. The first-order valence-corrected chi connectivity index (χ1v) is 5.41. The molecule has 0 saturated carbocycles. The van der Waals surface area contributed by atoms with Crippen LogP contribution < -0.4 is 0 Å². The molecule has 2 rings (SSSR count). The lowest BCUT2D eigenvalue weighted by molar-refractivity contribution is 0.0651. The summed E-state index contributed by atoms with van der Waals surface area (Å²) in [6.07, 6.45) is 0.674. The summed E-state index contributed by atoms with van der Waals surface area (Å²) in [5.41, 5.74) is -0.0410. The predicted molar refractivity (Wildman–Crippen MR) is 57.7 cm³/mol. The molecule has 0 spiro atoms. The third-order valence-electron chi connectivity index (χ3n) is 2.16. The lowest BCUT2D eigenvalue weighted by Crippen LogP contribution is -2.30. The van der Waals surface area contributed by atoms with Crippen molar-refractivity contribution >= 4 is 35.0 Å². The molecule has 2 amide bonds. The number of hydrogen-bond donors (Lipinski definition) is 0. The molecule has 1 aliphatic heterocycles. The van der Waals surface area contributed by atoms with Crippen molar-refractivity contribution in [2.24, 2.45) is 0 Å². The Labute approximate surface area is 101 Å². The summed E-state index contributed by atoms with van der Waals surface area (Å²) >= 11 is 11.3. The molecule has 84 valence electrons. The zero-order valence-corrected chi connectivity index (χ0v) is 9.84. The van der Waals surface area contributed by atoms with Crippen LogP contribution in [0.3, 0.4) is 0 Å². The number of imide groups is 1. The number of fused-ring (bicyclic) bond motifs is 1. The quantitative estimate of drug-likeness (QED) is 0.760. The highest BCUT2D eigenvalue weighted by Crippen LogP contribution is 2.25. The van der Waals surface area contributed by atoms with Gasteiger partial charge in [-0.25, -0.2) is 9.97 Å². The van der Waals surface area contributed by atoms with Crippen molar-refractivity contribution < 1.29 is 9.59 Å². The fourth-order valence-electron chi connectivity index (χ4n) is 1.47. The third-order valence-corrected chi connectivity index (χ3v) is 2.78. The molecule has 2 heterocycles. The second-order valence-corrected chi connectivity index (χ2v) is 3.98. The van der Waals surface area contributed by atoms with Crippen LogP contribution >= 0.6 is 23.2 Å². The number of nitrogens with zero attached hydrogens (tertiary/aromatic N) is 3. The Hall–Kier alpha value is -1.20. The van der Waals surface area contributed by atoms with Gasteiger partial charge in [0.2, 0.25) is 0 Å². The van der Waals surface area contributed by atoms with E-state index in [2.05, 4.69) is 9.97 Å². The van der Waals surface area contributed by atoms with Gasteiger partial charge in [-0.2, -0.15) is 0 Å². The lowest BCUT2D eigenvalue weighted by atomic mass is 10.3. The van der Waals surface area contributed by atoms with E-state index in [-0.39, 0.29) is 21.7 Å². The van der Waals surface area contributed by atoms with E-state index in [1.165, 1.54) is 0 Å². The first-order valence-electron chi connectivity index (χ1n) is 4.65. The van der Waals surface area contributed by atoms with Crippen LogP contribution in [0.4, 0.5) is 0 Å². The standard InChI is InChI=1S/C9H7Cl2N3O2/c1-2-3-14-8(15)4-5(9(14)16)13-7(11)6(10)12-4/h2-3H2,1H3. The monoisotopic (exact) mass is 259 g/mol. The molecular formula is C9H7Cl2N3O2. The molecule has 16 heavy (non-hydrogen) atoms. The molecule has 0 bridgehead atoms. The number of rotatable bonds is 2. The minimum absolute atomic E-state index is 0.0205. The molecule has 1 aromatic rings. The van der Waals surface area contributed by atoms with Crippen molar-refractivity contribution in [3.63, 3.8) is 0 Å². The number of aromatic nitrogens is 2. The molecule has 0 N–H and O–H groups in total. The number of carbonyl (C=O) groups excluding carboxylic acids is 2. The molecule has 0 unspecified atom stereocenters. The third kappa shape index (κ3) is 1.56. The van der Waals surface area contributed by atoms with Crippen molar-refractivity contribution in [1.29, 1.82) is 0 Å². The Bertz CT molecular complexity index is 449. The van der Waals surface area contributed by atoms with Gasteiger partial charge < -0.3 is 0 Å². The second kappa shape index (κ2) is 3.99. The molecule has 1 aromatic heterocycles. The zero-order chi connectivity index (χ0) is 11.9. The summed E-state index contributed by atoms with van der Waals surface area (Å²) in [7, 11) is 0. The van der Waals surface area contributed by atoms with E-state index in [1.54, 1.807) is 0 Å². The van der Waals surface area contributed by atoms with Crippen LogP contribution in [0.1, 0.15) is 34.3 Å². The molecule has 5 nitrogen and oxygen atoms in total. The molecule has 0 saturated heterocycles. The maximum absolute atomic E-state index is 11.8. The van der Waals surface area contributed by atoms with Gasteiger partial charge in [0.1, 0.15) is 0 Å². The van der Waals surface area contributed by atoms with Crippen molar-refractivity contribution in [1.82, 2.24) is 14.9 Å². The summed E-state index contributed by atoms with van der Waals surface area (Å²) in [6.45, 7) is 2.20. The minimum Gasteiger partial charge on any atom is -0.272 e. The van der Waals surface area contributed by atoms with Crippen LogP contribution in [-0.4, -0.2) is 33.2 Å². The lowest BCUT2D eigenvalue weighted by Gasteiger charge is -2.10. The molecule has 1 aliphatic rings. The van der Waals surface area contributed by atoms with E-state index in [0.717, 1.165) is 4.90 Å². The summed E-state index contributed by atoms with van der Waals surface area (Å²) in [6, 6.07) is 0. The normalized spacial score (nSPS) is 14.6. The predicted octanol–water partition coefficient (Wildman–Crippen LogP) is 1.79. The van der Waals surface area contributed by atoms with Gasteiger partial charge in [-0.1, -0.05) is 30.1 Å². The van der Waals surface area contributed by atoms with Crippen molar-refractivity contribution in [2.45, 2.75) is 13.3 Å². The first kappa shape index (κ1) is 11.3. The Balaban J connectivity index is 2.51. The highest BCUT2D eigenvalue weighted by atomic mass is 35.5. The van der Waals surface area contributed by atoms with E-state index in [1.807, 2.05) is 6.92 Å². The summed E-state index contributed by atoms with van der Waals surface area (Å²) in [4.78, 5) is 32.2. The number of hydrogen-bond acceptors (Lipinski definition) is 4. The van der Waals surface area contributed by atoms with Crippen molar-refractivity contribution in [3.8, 4) is 0 Å². The molecule has 7 heteroatoms. The highest BCUT2D eigenvalue weighted by molar-refractivity contribution is 6.40. The number of amides is 2. The Morgan fingerprint density at radius 3 is 1.88 bits per heavy atom. The van der Waals surface area contributed by atoms with Gasteiger partial charge in [0.05, 0.1) is 0 Å². The van der Waals surface area contributed by atoms with Crippen molar-refractivity contribution in [3.05, 3.63) is 21.7 Å². The molecule has 0 aliphatic carbocycles. The Kier molecular flexibility index (Phi) is 2.82. The van der Waals surface area contributed by atoms with Crippen LogP contribution in [0.2, 0.25) is 10.3 Å². The fraction of sp³-hybridized carbons (Fsp3) is 0.333. The SMILES string of the molecule is CCCN1C(=O)c2nc(Cl)c(Cl)nc2C1=O. The van der Waals surface area contributed by atoms with Gasteiger partial charge in [-0.05, 0) is 6.42 Å². The van der Waals surface area contributed by atoms with Crippen LogP contribution in [0.15, 0.2) is 0 Å². The van der Waals surface area contributed by atoms with E-state index in [4.69, 9.17) is 23.2 Å². The van der Waals surface area contributed by atoms with Gasteiger partial charge in [0.25, 0.3) is 11.8 Å². The molecule has 0 fully saturated rings. The van der Waals surface area contributed by atoms with E-state index in [9.17, 15) is 9.59 Å². The van der Waals surface area contributed by atoms with E-state index < -0.39 is 11.8 Å². The maximum Gasteiger partial charge on any atom is 0.281 e. The highest BCUT2D eigenvalue weighted by Gasteiger charge is 2.38. The van der Waals surface area contributed by atoms with Gasteiger partial charge in [0.15, 0.2) is 21.7 Å². The molecule has 0 aromatic carbocycles. The van der Waals surface area contributed by atoms with Crippen LogP contribution in [0.25, 0.3) is 0 Å². The Morgan fingerprint density at radius 1 is 1.06 bits per heavy atom. The Morgan fingerprint density at radius 2 is 1.50 bits per heavy atom. The number of halogens is 2. The van der Waals surface area contributed by atoms with Gasteiger partial charge >= 0.3 is 0 Å².